The van der Waals surface area contributed by atoms with E-state index in [1.54, 1.807) is 5.48 Å². The quantitative estimate of drug-likeness (QED) is 0.487. The molecular weight excluding hydrogens is 240 g/mol. The molecule has 0 spiro atoms. The molecule has 9 heteroatoms. The van der Waals surface area contributed by atoms with E-state index < -0.39 is 28.4 Å². The number of rotatable bonds is 7. The van der Waals surface area contributed by atoms with Crippen LogP contribution in [-0.4, -0.2) is 50.2 Å². The average molecular weight is 254 g/mol. The molecule has 0 fully saturated rings. The van der Waals surface area contributed by atoms with Gasteiger partial charge < -0.3 is 10.4 Å². The average Bonchev–Trinajstić information content (AvgIpc) is 2.17. The number of carboxylic acid groups (broad SMARTS) is 1. The Labute approximate surface area is 92.8 Å². The molecular formula is C7H14N2O6S. The molecule has 0 aliphatic carbocycles. The van der Waals surface area contributed by atoms with Crippen LogP contribution in [0.25, 0.3) is 0 Å². The summed E-state index contributed by atoms with van der Waals surface area (Å²) in [6.45, 7) is 0.782. The summed E-state index contributed by atoms with van der Waals surface area (Å²) >= 11 is 0. The van der Waals surface area contributed by atoms with Gasteiger partial charge in [0.1, 0.15) is 0 Å². The van der Waals surface area contributed by atoms with Gasteiger partial charge in [-0.2, -0.15) is 0 Å². The van der Waals surface area contributed by atoms with Crippen molar-refractivity contribution in [2.24, 2.45) is 0 Å². The highest BCUT2D eigenvalue weighted by Crippen LogP contribution is 1.86. The Morgan fingerprint density at radius 2 is 2.00 bits per heavy atom. The Kier molecular flexibility index (Phi) is 6.42. The molecule has 3 N–H and O–H groups in total. The molecule has 2 amide bonds. The number of carbonyl (C=O) groups excluding carboxylic acids is 1. The van der Waals surface area contributed by atoms with Crippen LogP contribution in [-0.2, 0) is 19.5 Å². The predicted molar refractivity (Wildman–Crippen MR) is 54.5 cm³/mol. The minimum atomic E-state index is -3.13. The SMILES string of the molecule is CCS(=O)(=O)CCNC(=O)NOCC(=O)O. The summed E-state index contributed by atoms with van der Waals surface area (Å²) < 4.78 is 22.0. The fraction of sp³-hybridized carbons (Fsp3) is 0.714. The molecule has 16 heavy (non-hydrogen) atoms. The number of carbonyl (C=O) groups is 2. The van der Waals surface area contributed by atoms with Crippen molar-refractivity contribution in [1.82, 2.24) is 10.8 Å². The maximum absolute atomic E-state index is 11.0. The summed E-state index contributed by atoms with van der Waals surface area (Å²) in [7, 11) is -3.13. The third-order valence-corrected chi connectivity index (χ3v) is 3.20. The van der Waals surface area contributed by atoms with Crippen LogP contribution in [0.2, 0.25) is 0 Å². The van der Waals surface area contributed by atoms with Crippen LogP contribution in [0.4, 0.5) is 4.79 Å². The second-order valence-corrected chi connectivity index (χ2v) is 5.25. The number of sulfone groups is 1. The third-order valence-electron chi connectivity index (χ3n) is 1.50. The lowest BCUT2D eigenvalue weighted by molar-refractivity contribution is -0.144. The first-order valence-corrected chi connectivity index (χ1v) is 6.27. The molecule has 0 aliphatic rings. The monoisotopic (exact) mass is 254 g/mol. The van der Waals surface area contributed by atoms with Crippen molar-refractivity contribution in [1.29, 1.82) is 0 Å². The van der Waals surface area contributed by atoms with Crippen LogP contribution in [0.1, 0.15) is 6.92 Å². The first-order chi connectivity index (χ1) is 7.37. The van der Waals surface area contributed by atoms with E-state index in [0.717, 1.165) is 0 Å². The van der Waals surface area contributed by atoms with Gasteiger partial charge in [-0.1, -0.05) is 6.92 Å². The second kappa shape index (κ2) is 7.01. The highest BCUT2D eigenvalue weighted by Gasteiger charge is 2.08. The first-order valence-electron chi connectivity index (χ1n) is 4.45. The van der Waals surface area contributed by atoms with E-state index in [4.69, 9.17) is 5.11 Å². The summed E-state index contributed by atoms with van der Waals surface area (Å²) in [5.74, 6) is -1.39. The molecule has 0 aromatic heterocycles. The van der Waals surface area contributed by atoms with Gasteiger partial charge in [-0.05, 0) is 0 Å². The van der Waals surface area contributed by atoms with E-state index in [1.165, 1.54) is 6.92 Å². The smallest absolute Gasteiger partial charge is 0.338 e. The van der Waals surface area contributed by atoms with E-state index in [2.05, 4.69) is 10.2 Å². The molecule has 8 nitrogen and oxygen atoms in total. The topological polar surface area (TPSA) is 122 Å². The minimum Gasteiger partial charge on any atom is -0.479 e. The number of hydroxylamine groups is 1. The van der Waals surface area contributed by atoms with Crippen molar-refractivity contribution < 1.29 is 28.0 Å². The Morgan fingerprint density at radius 1 is 1.38 bits per heavy atom. The van der Waals surface area contributed by atoms with Gasteiger partial charge in [0, 0.05) is 12.3 Å². The summed E-state index contributed by atoms with van der Waals surface area (Å²) in [5, 5.41) is 10.4. The lowest BCUT2D eigenvalue weighted by Crippen LogP contribution is -2.39. The molecule has 0 bridgehead atoms. The zero-order valence-corrected chi connectivity index (χ0v) is 9.54. The van der Waals surface area contributed by atoms with Gasteiger partial charge >= 0.3 is 12.0 Å². The molecule has 0 aromatic carbocycles. The molecule has 0 radical (unpaired) electrons. The van der Waals surface area contributed by atoms with E-state index >= 15 is 0 Å². The summed E-state index contributed by atoms with van der Waals surface area (Å²) in [4.78, 5) is 25.1. The Morgan fingerprint density at radius 3 is 2.50 bits per heavy atom. The largest absolute Gasteiger partial charge is 0.479 e. The second-order valence-electron chi connectivity index (χ2n) is 2.78. The summed E-state index contributed by atoms with van der Waals surface area (Å²) in [5.41, 5.74) is 1.79. The number of hydrogen-bond acceptors (Lipinski definition) is 5. The van der Waals surface area contributed by atoms with Crippen LogP contribution in [0.5, 0.6) is 0 Å². The molecule has 94 valence electrons. The van der Waals surface area contributed by atoms with Crippen LogP contribution in [0, 0.1) is 0 Å². The normalized spacial score (nSPS) is 10.8. The van der Waals surface area contributed by atoms with Gasteiger partial charge in [-0.15, -0.1) is 0 Å². The van der Waals surface area contributed by atoms with Crippen molar-refractivity contribution in [2.75, 3.05) is 24.7 Å². The number of hydrogen-bond donors (Lipinski definition) is 3. The number of carboxylic acids is 1. The lowest BCUT2D eigenvalue weighted by atomic mass is 10.7. The van der Waals surface area contributed by atoms with Crippen molar-refractivity contribution in [2.45, 2.75) is 6.92 Å². The molecule has 0 aliphatic heterocycles. The number of aliphatic carboxylic acids is 1. The summed E-state index contributed by atoms with van der Waals surface area (Å²) in [6.07, 6.45) is 0. The molecule has 0 aromatic rings. The highest BCUT2D eigenvalue weighted by molar-refractivity contribution is 7.91. The third kappa shape index (κ3) is 8.00. The van der Waals surface area contributed by atoms with Gasteiger partial charge in [0.25, 0.3) is 0 Å². The van der Waals surface area contributed by atoms with Gasteiger partial charge in [0.15, 0.2) is 16.4 Å². The van der Waals surface area contributed by atoms with Gasteiger partial charge in [0.05, 0.1) is 5.75 Å². The van der Waals surface area contributed by atoms with E-state index in [-0.39, 0.29) is 18.1 Å². The van der Waals surface area contributed by atoms with Crippen molar-refractivity contribution >= 4 is 21.8 Å². The lowest BCUT2D eigenvalue weighted by Gasteiger charge is -2.06. The highest BCUT2D eigenvalue weighted by atomic mass is 32.2. The first kappa shape index (κ1) is 14.6. The van der Waals surface area contributed by atoms with Crippen LogP contribution in [0.15, 0.2) is 0 Å². The Hall–Kier alpha value is -1.35. The van der Waals surface area contributed by atoms with Gasteiger partial charge in [-0.3, -0.25) is 4.84 Å². The molecule has 0 unspecified atom stereocenters. The zero-order valence-electron chi connectivity index (χ0n) is 8.73. The number of urea groups is 1. The molecule has 0 heterocycles. The van der Waals surface area contributed by atoms with E-state index in [9.17, 15) is 18.0 Å². The minimum absolute atomic E-state index is 0.00577. The fourth-order valence-electron chi connectivity index (χ4n) is 0.664. The zero-order chi connectivity index (χ0) is 12.6. The van der Waals surface area contributed by atoms with E-state index in [0.29, 0.717) is 0 Å². The Balaban J connectivity index is 3.63. The summed E-state index contributed by atoms with van der Waals surface area (Å²) in [6, 6.07) is -0.785. The van der Waals surface area contributed by atoms with Crippen LogP contribution < -0.4 is 10.8 Å². The Bertz CT molecular complexity index is 339. The van der Waals surface area contributed by atoms with Crippen LogP contribution in [0.3, 0.4) is 0 Å². The molecule has 0 atom stereocenters. The number of nitrogens with one attached hydrogen (secondary N) is 2. The van der Waals surface area contributed by atoms with Crippen LogP contribution >= 0.6 is 0 Å². The number of amides is 2. The maximum Gasteiger partial charge on any atom is 0.338 e. The van der Waals surface area contributed by atoms with Gasteiger partial charge in [0.2, 0.25) is 0 Å². The standard InChI is InChI=1S/C7H14N2O6S/c1-2-16(13,14)4-3-8-7(12)9-15-5-6(10)11/h2-5H2,1H3,(H,10,11)(H2,8,9,12). The van der Waals surface area contributed by atoms with Crippen molar-refractivity contribution in [3.8, 4) is 0 Å². The van der Waals surface area contributed by atoms with Crippen molar-refractivity contribution in [3.63, 3.8) is 0 Å². The molecule has 0 rings (SSSR count). The predicted octanol–water partition coefficient (Wildman–Crippen LogP) is -1.26. The van der Waals surface area contributed by atoms with Gasteiger partial charge in [-0.25, -0.2) is 23.5 Å². The maximum atomic E-state index is 11.0. The molecule has 0 saturated carbocycles. The van der Waals surface area contributed by atoms with E-state index in [1.807, 2.05) is 0 Å². The fourth-order valence-corrected chi connectivity index (χ4v) is 1.37. The molecule has 0 saturated heterocycles. The van der Waals surface area contributed by atoms with Crippen molar-refractivity contribution in [3.05, 3.63) is 0 Å².